The Morgan fingerprint density at radius 3 is 2.39 bits per heavy atom. The molecule has 1 aliphatic carbocycles. The van der Waals surface area contributed by atoms with E-state index in [-0.39, 0.29) is 23.8 Å². The predicted molar refractivity (Wildman–Crippen MR) is 70.2 cm³/mol. The highest BCUT2D eigenvalue weighted by Crippen LogP contribution is 2.39. The summed E-state index contributed by atoms with van der Waals surface area (Å²) in [5.74, 6) is -0.289. The van der Waals surface area contributed by atoms with Crippen LogP contribution in [-0.2, 0) is 9.59 Å². The summed E-state index contributed by atoms with van der Waals surface area (Å²) in [6.45, 7) is 5.87. The molecule has 0 aliphatic heterocycles. The van der Waals surface area contributed by atoms with Crippen LogP contribution in [0.1, 0.15) is 59.3 Å². The molecule has 0 heterocycles. The maximum absolute atomic E-state index is 12.2. The molecule has 1 rings (SSSR count). The highest BCUT2D eigenvalue weighted by Gasteiger charge is 2.38. The molecule has 0 radical (unpaired) electrons. The van der Waals surface area contributed by atoms with Crippen molar-refractivity contribution in [2.75, 3.05) is 0 Å². The second kappa shape index (κ2) is 6.21. The molecule has 0 bridgehead atoms. The SMILES string of the molecule is CC(CCC(=O)O)NC(=O)C(C)(C)C1CCCC1. The number of carboxylic acid groups (broad SMARTS) is 1. The minimum absolute atomic E-state index is 0.0623. The molecular formula is C14H25NO3. The normalized spacial score (nSPS) is 18.6. The molecule has 0 aromatic carbocycles. The highest BCUT2D eigenvalue weighted by molar-refractivity contribution is 5.82. The Hall–Kier alpha value is -1.06. The van der Waals surface area contributed by atoms with Crippen LogP contribution in [0.25, 0.3) is 0 Å². The summed E-state index contributed by atoms with van der Waals surface area (Å²) in [7, 11) is 0. The minimum atomic E-state index is -0.814. The van der Waals surface area contributed by atoms with Gasteiger partial charge >= 0.3 is 5.97 Å². The van der Waals surface area contributed by atoms with Crippen molar-refractivity contribution in [3.8, 4) is 0 Å². The van der Waals surface area contributed by atoms with Gasteiger partial charge in [0.05, 0.1) is 0 Å². The monoisotopic (exact) mass is 255 g/mol. The molecule has 104 valence electrons. The molecule has 1 amide bonds. The second-order valence-electron chi connectivity index (χ2n) is 6.01. The zero-order valence-corrected chi connectivity index (χ0v) is 11.7. The van der Waals surface area contributed by atoms with Crippen molar-refractivity contribution in [1.29, 1.82) is 0 Å². The van der Waals surface area contributed by atoms with Crippen molar-refractivity contribution >= 4 is 11.9 Å². The maximum Gasteiger partial charge on any atom is 0.303 e. The third-order valence-electron chi connectivity index (χ3n) is 4.13. The number of nitrogens with one attached hydrogen (secondary N) is 1. The summed E-state index contributed by atoms with van der Waals surface area (Å²) >= 11 is 0. The first-order valence-corrected chi connectivity index (χ1v) is 6.86. The fourth-order valence-corrected chi connectivity index (χ4v) is 2.65. The number of carbonyl (C=O) groups excluding carboxylic acids is 1. The van der Waals surface area contributed by atoms with Crippen LogP contribution in [-0.4, -0.2) is 23.0 Å². The number of amides is 1. The number of aliphatic carboxylic acids is 1. The van der Waals surface area contributed by atoms with Crippen LogP contribution < -0.4 is 5.32 Å². The number of hydrogen-bond donors (Lipinski definition) is 2. The van der Waals surface area contributed by atoms with Crippen LogP contribution in [0, 0.1) is 11.3 Å². The lowest BCUT2D eigenvalue weighted by atomic mass is 9.77. The maximum atomic E-state index is 12.2. The summed E-state index contributed by atoms with van der Waals surface area (Å²) in [6, 6.07) is -0.0747. The molecular weight excluding hydrogens is 230 g/mol. The molecule has 1 unspecified atom stereocenters. The van der Waals surface area contributed by atoms with E-state index in [1.165, 1.54) is 12.8 Å². The van der Waals surface area contributed by atoms with Gasteiger partial charge in [-0.2, -0.15) is 0 Å². The standard InChI is InChI=1S/C14H25NO3/c1-10(8-9-12(16)17)15-13(18)14(2,3)11-6-4-5-7-11/h10-11H,4-9H2,1-3H3,(H,15,18)(H,16,17). The van der Waals surface area contributed by atoms with Crippen LogP contribution in [0.5, 0.6) is 0 Å². The zero-order valence-electron chi connectivity index (χ0n) is 11.7. The van der Waals surface area contributed by atoms with Crippen molar-refractivity contribution in [3.63, 3.8) is 0 Å². The van der Waals surface area contributed by atoms with Gasteiger partial charge in [-0.15, -0.1) is 0 Å². The van der Waals surface area contributed by atoms with Gasteiger partial charge in [-0.05, 0) is 32.1 Å². The Kier molecular flexibility index (Phi) is 5.17. The van der Waals surface area contributed by atoms with Gasteiger partial charge in [0.1, 0.15) is 0 Å². The summed E-state index contributed by atoms with van der Waals surface area (Å²) in [4.78, 5) is 22.7. The van der Waals surface area contributed by atoms with Gasteiger partial charge in [0.25, 0.3) is 0 Å². The fraction of sp³-hybridized carbons (Fsp3) is 0.857. The van der Waals surface area contributed by atoms with E-state index in [0.717, 1.165) is 12.8 Å². The van der Waals surface area contributed by atoms with Crippen LogP contribution in [0.3, 0.4) is 0 Å². The molecule has 4 heteroatoms. The molecule has 0 aromatic rings. The first kappa shape index (κ1) is 15.0. The van der Waals surface area contributed by atoms with Gasteiger partial charge in [-0.3, -0.25) is 9.59 Å². The number of carboxylic acids is 1. The first-order valence-electron chi connectivity index (χ1n) is 6.86. The van der Waals surface area contributed by atoms with Gasteiger partial charge in [0.2, 0.25) is 5.91 Å². The van der Waals surface area contributed by atoms with E-state index in [4.69, 9.17) is 5.11 Å². The number of hydrogen-bond acceptors (Lipinski definition) is 2. The van der Waals surface area contributed by atoms with Crippen molar-refractivity contribution < 1.29 is 14.7 Å². The Morgan fingerprint density at radius 1 is 1.33 bits per heavy atom. The summed E-state index contributed by atoms with van der Waals surface area (Å²) < 4.78 is 0. The van der Waals surface area contributed by atoms with Gasteiger partial charge in [-0.1, -0.05) is 26.7 Å². The Balaban J connectivity index is 2.45. The smallest absolute Gasteiger partial charge is 0.303 e. The van der Waals surface area contributed by atoms with Crippen LogP contribution in [0.2, 0.25) is 0 Å². The molecule has 1 aliphatic rings. The van der Waals surface area contributed by atoms with E-state index in [2.05, 4.69) is 5.32 Å². The third-order valence-corrected chi connectivity index (χ3v) is 4.13. The van der Waals surface area contributed by atoms with E-state index in [1.807, 2.05) is 20.8 Å². The van der Waals surface area contributed by atoms with Crippen molar-refractivity contribution in [2.45, 2.75) is 65.3 Å². The van der Waals surface area contributed by atoms with Gasteiger partial charge in [0, 0.05) is 17.9 Å². The van der Waals surface area contributed by atoms with Crippen molar-refractivity contribution in [3.05, 3.63) is 0 Å². The summed E-state index contributed by atoms with van der Waals surface area (Å²) in [5, 5.41) is 11.6. The number of carbonyl (C=O) groups is 2. The molecule has 1 atom stereocenters. The van der Waals surface area contributed by atoms with E-state index in [1.54, 1.807) is 0 Å². The quantitative estimate of drug-likeness (QED) is 0.766. The van der Waals surface area contributed by atoms with Crippen LogP contribution in [0.4, 0.5) is 0 Å². The van der Waals surface area contributed by atoms with E-state index in [0.29, 0.717) is 12.3 Å². The zero-order chi connectivity index (χ0) is 13.8. The van der Waals surface area contributed by atoms with Crippen LogP contribution in [0.15, 0.2) is 0 Å². The average molecular weight is 255 g/mol. The average Bonchev–Trinajstić information content (AvgIpc) is 2.80. The molecule has 0 aromatic heterocycles. The van der Waals surface area contributed by atoms with Crippen molar-refractivity contribution in [1.82, 2.24) is 5.32 Å². The minimum Gasteiger partial charge on any atom is -0.481 e. The van der Waals surface area contributed by atoms with Gasteiger partial charge < -0.3 is 10.4 Å². The topological polar surface area (TPSA) is 66.4 Å². The Labute approximate surface area is 109 Å². The van der Waals surface area contributed by atoms with E-state index in [9.17, 15) is 9.59 Å². The van der Waals surface area contributed by atoms with Gasteiger partial charge in [-0.25, -0.2) is 0 Å². The Bertz CT molecular complexity index is 306. The highest BCUT2D eigenvalue weighted by atomic mass is 16.4. The van der Waals surface area contributed by atoms with Gasteiger partial charge in [0.15, 0.2) is 0 Å². The lowest BCUT2D eigenvalue weighted by molar-refractivity contribution is -0.138. The first-order chi connectivity index (χ1) is 8.34. The number of rotatable bonds is 6. The lowest BCUT2D eigenvalue weighted by Crippen LogP contribution is -2.45. The molecule has 0 spiro atoms. The van der Waals surface area contributed by atoms with Crippen LogP contribution >= 0.6 is 0 Å². The Morgan fingerprint density at radius 2 is 1.89 bits per heavy atom. The summed E-state index contributed by atoms with van der Waals surface area (Å²) in [5.41, 5.74) is -0.339. The lowest BCUT2D eigenvalue weighted by Gasteiger charge is -2.31. The van der Waals surface area contributed by atoms with E-state index >= 15 is 0 Å². The summed E-state index contributed by atoms with van der Waals surface area (Å²) in [6.07, 6.45) is 5.28. The van der Waals surface area contributed by atoms with E-state index < -0.39 is 5.97 Å². The van der Waals surface area contributed by atoms with Crippen molar-refractivity contribution in [2.24, 2.45) is 11.3 Å². The molecule has 18 heavy (non-hydrogen) atoms. The molecule has 0 saturated heterocycles. The second-order valence-corrected chi connectivity index (χ2v) is 6.01. The largest absolute Gasteiger partial charge is 0.481 e. The molecule has 1 fully saturated rings. The fourth-order valence-electron chi connectivity index (χ4n) is 2.65. The third kappa shape index (κ3) is 4.00. The molecule has 2 N–H and O–H groups in total. The predicted octanol–water partition coefficient (Wildman–Crippen LogP) is 2.57. The molecule has 1 saturated carbocycles. The molecule has 4 nitrogen and oxygen atoms in total.